The van der Waals surface area contributed by atoms with Gasteiger partial charge in [0.25, 0.3) is 0 Å². The van der Waals surface area contributed by atoms with Crippen molar-refractivity contribution in [1.82, 2.24) is 9.80 Å². The van der Waals surface area contributed by atoms with E-state index in [0.717, 1.165) is 19.6 Å². The van der Waals surface area contributed by atoms with Crippen molar-refractivity contribution in [2.45, 2.75) is 19.4 Å². The van der Waals surface area contributed by atoms with Crippen LogP contribution in [0.4, 0.5) is 4.79 Å². The molecule has 0 atom stereocenters. The van der Waals surface area contributed by atoms with Crippen LogP contribution >= 0.6 is 0 Å². The van der Waals surface area contributed by atoms with Gasteiger partial charge in [0.2, 0.25) is 0 Å². The largest absolute Gasteiger partial charge is 0.453 e. The van der Waals surface area contributed by atoms with Crippen molar-refractivity contribution in [2.75, 3.05) is 33.8 Å². The number of hydrogen-bond donors (Lipinski definition) is 0. The highest BCUT2D eigenvalue weighted by Crippen LogP contribution is 2.18. The predicted octanol–water partition coefficient (Wildman–Crippen LogP) is 0.779. The van der Waals surface area contributed by atoms with E-state index in [2.05, 4.69) is 30.5 Å². The monoisotopic (exact) mass is 186 g/mol. The second-order valence-corrected chi connectivity index (χ2v) is 4.13. The van der Waals surface area contributed by atoms with Gasteiger partial charge in [-0.05, 0) is 20.9 Å². The summed E-state index contributed by atoms with van der Waals surface area (Å²) >= 11 is 0. The third kappa shape index (κ3) is 2.12. The van der Waals surface area contributed by atoms with Gasteiger partial charge in [0.1, 0.15) is 0 Å². The second-order valence-electron chi connectivity index (χ2n) is 4.13. The number of likely N-dealkylation sites (N-methyl/N-ethyl adjacent to an activating group) is 1. The summed E-state index contributed by atoms with van der Waals surface area (Å²) in [6.07, 6.45) is -0.221. The average Bonchev–Trinajstić information content (AvgIpc) is 2.08. The van der Waals surface area contributed by atoms with Gasteiger partial charge in [0.05, 0.1) is 7.11 Å². The molecular formula is C9H18N2O2. The first kappa shape index (κ1) is 10.3. The summed E-state index contributed by atoms with van der Waals surface area (Å²) in [5.41, 5.74) is 0.0481. The number of rotatable bonds is 0. The Hall–Kier alpha value is -0.770. The Bertz CT molecular complexity index is 204. The van der Waals surface area contributed by atoms with Crippen molar-refractivity contribution in [3.05, 3.63) is 0 Å². The van der Waals surface area contributed by atoms with Crippen molar-refractivity contribution in [3.8, 4) is 0 Å². The Morgan fingerprint density at radius 1 is 1.38 bits per heavy atom. The Morgan fingerprint density at radius 2 is 2.00 bits per heavy atom. The summed E-state index contributed by atoms with van der Waals surface area (Å²) in [6, 6.07) is 0. The van der Waals surface area contributed by atoms with Crippen molar-refractivity contribution >= 4 is 6.09 Å². The molecule has 4 heteroatoms. The molecule has 0 bridgehead atoms. The molecule has 13 heavy (non-hydrogen) atoms. The molecule has 0 saturated carbocycles. The zero-order valence-corrected chi connectivity index (χ0v) is 8.83. The SMILES string of the molecule is COC(=O)N1CCN(C)C(C)(C)C1. The lowest BCUT2D eigenvalue weighted by Crippen LogP contribution is -2.58. The maximum atomic E-state index is 11.2. The summed E-state index contributed by atoms with van der Waals surface area (Å²) in [6.45, 7) is 6.65. The van der Waals surface area contributed by atoms with Crippen LogP contribution in [0.5, 0.6) is 0 Å². The minimum absolute atomic E-state index is 0.0481. The number of carbonyl (C=O) groups excluding carboxylic acids is 1. The van der Waals surface area contributed by atoms with E-state index < -0.39 is 0 Å². The van der Waals surface area contributed by atoms with Crippen LogP contribution in [0.15, 0.2) is 0 Å². The molecular weight excluding hydrogens is 168 g/mol. The van der Waals surface area contributed by atoms with E-state index in [0.29, 0.717) is 0 Å². The zero-order valence-electron chi connectivity index (χ0n) is 8.83. The Morgan fingerprint density at radius 3 is 2.46 bits per heavy atom. The molecule has 0 aliphatic carbocycles. The second kappa shape index (κ2) is 3.54. The van der Waals surface area contributed by atoms with Gasteiger partial charge in [-0.1, -0.05) is 0 Å². The van der Waals surface area contributed by atoms with Gasteiger partial charge >= 0.3 is 6.09 Å². The lowest BCUT2D eigenvalue weighted by atomic mass is 10.0. The number of nitrogens with zero attached hydrogens (tertiary/aromatic N) is 2. The fraction of sp³-hybridized carbons (Fsp3) is 0.889. The molecule has 0 radical (unpaired) electrons. The Kier molecular flexibility index (Phi) is 2.81. The van der Waals surface area contributed by atoms with Crippen LogP contribution in [0, 0.1) is 0 Å². The van der Waals surface area contributed by atoms with Gasteiger partial charge in [0.15, 0.2) is 0 Å². The third-order valence-corrected chi connectivity index (χ3v) is 2.75. The number of methoxy groups -OCH3 is 1. The van der Waals surface area contributed by atoms with Crippen LogP contribution in [-0.4, -0.2) is 55.2 Å². The molecule has 4 nitrogen and oxygen atoms in total. The molecule has 0 N–H and O–H groups in total. The van der Waals surface area contributed by atoms with Crippen LogP contribution in [0.3, 0.4) is 0 Å². The van der Waals surface area contributed by atoms with Gasteiger partial charge in [0, 0.05) is 25.2 Å². The molecule has 0 aromatic carbocycles. The molecule has 76 valence electrons. The lowest BCUT2D eigenvalue weighted by Gasteiger charge is -2.44. The van der Waals surface area contributed by atoms with Gasteiger partial charge in [-0.3, -0.25) is 4.90 Å². The first-order valence-corrected chi connectivity index (χ1v) is 4.51. The van der Waals surface area contributed by atoms with Crippen molar-refractivity contribution < 1.29 is 9.53 Å². The van der Waals surface area contributed by atoms with E-state index in [-0.39, 0.29) is 11.6 Å². The smallest absolute Gasteiger partial charge is 0.409 e. The summed E-state index contributed by atoms with van der Waals surface area (Å²) in [5.74, 6) is 0. The van der Waals surface area contributed by atoms with Gasteiger partial charge in [-0.15, -0.1) is 0 Å². The molecule has 1 aliphatic heterocycles. The molecule has 0 aromatic rings. The fourth-order valence-corrected chi connectivity index (χ4v) is 1.53. The van der Waals surface area contributed by atoms with Crippen LogP contribution < -0.4 is 0 Å². The van der Waals surface area contributed by atoms with E-state index >= 15 is 0 Å². The minimum Gasteiger partial charge on any atom is -0.453 e. The van der Waals surface area contributed by atoms with Crippen LogP contribution in [0.25, 0.3) is 0 Å². The summed E-state index contributed by atoms with van der Waals surface area (Å²) in [4.78, 5) is 15.3. The van der Waals surface area contributed by atoms with Crippen LogP contribution in [0.1, 0.15) is 13.8 Å². The number of piperazine rings is 1. The standard InChI is InChI=1S/C9H18N2O2/c1-9(2)7-11(8(12)13-4)6-5-10(9)3/h5-7H2,1-4H3. The van der Waals surface area contributed by atoms with Gasteiger partial charge in [-0.25, -0.2) is 4.79 Å². The van der Waals surface area contributed by atoms with Crippen molar-refractivity contribution in [1.29, 1.82) is 0 Å². The highest BCUT2D eigenvalue weighted by Gasteiger charge is 2.33. The lowest BCUT2D eigenvalue weighted by molar-refractivity contribution is 0.0348. The minimum atomic E-state index is -0.221. The van der Waals surface area contributed by atoms with Crippen molar-refractivity contribution in [2.24, 2.45) is 0 Å². The molecule has 0 spiro atoms. The van der Waals surface area contributed by atoms with Gasteiger partial charge in [-0.2, -0.15) is 0 Å². The van der Waals surface area contributed by atoms with E-state index in [9.17, 15) is 4.79 Å². The topological polar surface area (TPSA) is 32.8 Å². The molecule has 1 fully saturated rings. The summed E-state index contributed by atoms with van der Waals surface area (Å²) in [7, 11) is 3.50. The predicted molar refractivity (Wildman–Crippen MR) is 50.7 cm³/mol. The number of hydrogen-bond acceptors (Lipinski definition) is 3. The van der Waals surface area contributed by atoms with E-state index in [1.54, 1.807) is 4.90 Å². The van der Waals surface area contributed by atoms with E-state index in [4.69, 9.17) is 0 Å². The molecule has 0 aromatic heterocycles. The molecule has 1 heterocycles. The molecule has 1 amide bonds. The average molecular weight is 186 g/mol. The summed E-state index contributed by atoms with van der Waals surface area (Å²) < 4.78 is 4.69. The zero-order chi connectivity index (χ0) is 10.1. The quantitative estimate of drug-likeness (QED) is 0.560. The fourth-order valence-electron chi connectivity index (χ4n) is 1.53. The Labute approximate surface area is 79.4 Å². The maximum Gasteiger partial charge on any atom is 0.409 e. The van der Waals surface area contributed by atoms with Crippen molar-refractivity contribution in [3.63, 3.8) is 0 Å². The highest BCUT2D eigenvalue weighted by atomic mass is 16.5. The summed E-state index contributed by atoms with van der Waals surface area (Å²) in [5, 5.41) is 0. The van der Waals surface area contributed by atoms with Gasteiger partial charge < -0.3 is 9.64 Å². The molecule has 0 unspecified atom stereocenters. The molecule has 1 aliphatic rings. The maximum absolute atomic E-state index is 11.2. The Balaban J connectivity index is 2.60. The third-order valence-electron chi connectivity index (χ3n) is 2.75. The molecule has 1 rings (SSSR count). The van der Waals surface area contributed by atoms with E-state index in [1.165, 1.54) is 7.11 Å². The first-order chi connectivity index (χ1) is 5.97. The number of carbonyl (C=O) groups is 1. The number of amides is 1. The first-order valence-electron chi connectivity index (χ1n) is 4.51. The highest BCUT2D eigenvalue weighted by molar-refractivity contribution is 5.67. The molecule has 1 saturated heterocycles. The van der Waals surface area contributed by atoms with Crippen LogP contribution in [-0.2, 0) is 4.74 Å². The normalized spacial score (nSPS) is 22.9. The number of ether oxygens (including phenoxy) is 1. The van der Waals surface area contributed by atoms with E-state index in [1.807, 2.05) is 0 Å². The van der Waals surface area contributed by atoms with Crippen LogP contribution in [0.2, 0.25) is 0 Å².